The van der Waals surface area contributed by atoms with Crippen LogP contribution in [0.15, 0.2) is 18.2 Å². The molecule has 0 unspecified atom stereocenters. The second-order valence-electron chi connectivity index (χ2n) is 3.08. The largest absolute Gasteiger partial charge is 0.493 e. The van der Waals surface area contributed by atoms with Gasteiger partial charge in [-0.05, 0) is 12.1 Å². The molecule has 0 saturated heterocycles. The van der Waals surface area contributed by atoms with Crippen LogP contribution in [0.5, 0.6) is 11.5 Å². The van der Waals surface area contributed by atoms with E-state index in [4.69, 9.17) is 15.2 Å². The molecule has 0 aromatic heterocycles. The van der Waals surface area contributed by atoms with Crippen molar-refractivity contribution in [2.75, 3.05) is 26.6 Å². The van der Waals surface area contributed by atoms with Crippen LogP contribution in [-0.4, -0.2) is 26.8 Å². The Labute approximate surface area is 94.1 Å². The maximum atomic E-state index is 10.9. The van der Waals surface area contributed by atoms with Gasteiger partial charge in [0.25, 0.3) is 0 Å². The van der Waals surface area contributed by atoms with E-state index in [9.17, 15) is 4.79 Å². The Morgan fingerprint density at radius 3 is 2.69 bits per heavy atom. The van der Waals surface area contributed by atoms with Crippen molar-refractivity contribution in [3.8, 4) is 11.5 Å². The Bertz CT molecular complexity index is 365. The molecular formula is C11H15NO4. The van der Waals surface area contributed by atoms with E-state index in [0.717, 1.165) is 0 Å². The van der Waals surface area contributed by atoms with Crippen LogP contribution in [0.3, 0.4) is 0 Å². The molecule has 16 heavy (non-hydrogen) atoms. The molecule has 1 aromatic carbocycles. The monoisotopic (exact) mass is 225 g/mol. The highest BCUT2D eigenvalue weighted by Crippen LogP contribution is 2.28. The second-order valence-corrected chi connectivity index (χ2v) is 3.08. The third kappa shape index (κ3) is 3.34. The highest BCUT2D eigenvalue weighted by molar-refractivity contribution is 5.69. The van der Waals surface area contributed by atoms with Crippen molar-refractivity contribution >= 4 is 11.7 Å². The molecule has 0 aliphatic carbocycles. The topological polar surface area (TPSA) is 70.8 Å². The van der Waals surface area contributed by atoms with Crippen molar-refractivity contribution in [2.24, 2.45) is 0 Å². The van der Waals surface area contributed by atoms with E-state index >= 15 is 0 Å². The minimum absolute atomic E-state index is 0.198. The normalized spacial score (nSPS) is 9.62. The van der Waals surface area contributed by atoms with Crippen molar-refractivity contribution in [1.29, 1.82) is 0 Å². The summed E-state index contributed by atoms with van der Waals surface area (Å²) < 4.78 is 15.0. The Hall–Kier alpha value is -1.91. The number of benzene rings is 1. The molecular weight excluding hydrogens is 210 g/mol. The van der Waals surface area contributed by atoms with Gasteiger partial charge in [0.15, 0.2) is 11.5 Å². The van der Waals surface area contributed by atoms with Gasteiger partial charge in [0.05, 0.1) is 27.2 Å². The smallest absolute Gasteiger partial charge is 0.308 e. The number of rotatable bonds is 5. The van der Waals surface area contributed by atoms with Gasteiger partial charge in [-0.1, -0.05) is 0 Å². The van der Waals surface area contributed by atoms with Gasteiger partial charge in [-0.2, -0.15) is 0 Å². The third-order valence-corrected chi connectivity index (χ3v) is 1.98. The van der Waals surface area contributed by atoms with Gasteiger partial charge in [-0.25, -0.2) is 0 Å². The number of hydrogen-bond donors (Lipinski definition) is 1. The predicted octanol–water partition coefficient (Wildman–Crippen LogP) is 1.22. The van der Waals surface area contributed by atoms with Gasteiger partial charge in [-0.3, -0.25) is 4.79 Å². The van der Waals surface area contributed by atoms with Gasteiger partial charge < -0.3 is 19.9 Å². The van der Waals surface area contributed by atoms with E-state index in [2.05, 4.69) is 4.74 Å². The summed E-state index contributed by atoms with van der Waals surface area (Å²) in [4.78, 5) is 10.9. The molecule has 0 atom stereocenters. The summed E-state index contributed by atoms with van der Waals surface area (Å²) in [6, 6.07) is 5.06. The summed E-state index contributed by atoms with van der Waals surface area (Å²) in [5.41, 5.74) is 6.19. The van der Waals surface area contributed by atoms with Crippen LogP contribution in [0.4, 0.5) is 5.69 Å². The minimum atomic E-state index is -0.311. The molecule has 0 fully saturated rings. The fourth-order valence-electron chi connectivity index (χ4n) is 1.15. The van der Waals surface area contributed by atoms with Crippen molar-refractivity contribution in [2.45, 2.75) is 6.42 Å². The fraction of sp³-hybridized carbons (Fsp3) is 0.364. The van der Waals surface area contributed by atoms with E-state index in [-0.39, 0.29) is 19.0 Å². The summed E-state index contributed by atoms with van der Waals surface area (Å²) >= 11 is 0. The van der Waals surface area contributed by atoms with Crippen LogP contribution in [0.2, 0.25) is 0 Å². The number of nitrogens with two attached hydrogens (primary N) is 1. The Morgan fingerprint density at radius 1 is 1.31 bits per heavy atom. The molecule has 5 heteroatoms. The number of carbonyl (C=O) groups is 1. The number of anilines is 1. The summed E-state index contributed by atoms with van der Waals surface area (Å²) in [6.45, 7) is 0.243. The van der Waals surface area contributed by atoms with Crippen LogP contribution >= 0.6 is 0 Å². The summed E-state index contributed by atoms with van der Waals surface area (Å²) in [5, 5.41) is 0. The molecule has 0 spiro atoms. The Morgan fingerprint density at radius 2 is 2.06 bits per heavy atom. The van der Waals surface area contributed by atoms with Crippen molar-refractivity contribution in [3.05, 3.63) is 18.2 Å². The molecule has 0 amide bonds. The maximum absolute atomic E-state index is 10.9. The molecule has 1 rings (SSSR count). The first-order chi connectivity index (χ1) is 7.67. The van der Waals surface area contributed by atoms with E-state index in [0.29, 0.717) is 17.2 Å². The zero-order valence-corrected chi connectivity index (χ0v) is 9.36. The molecule has 0 saturated carbocycles. The van der Waals surface area contributed by atoms with Crippen molar-refractivity contribution < 1.29 is 19.0 Å². The number of esters is 1. The SMILES string of the molecule is COC(=O)CCOc1ccc(N)cc1OC. The minimum Gasteiger partial charge on any atom is -0.493 e. The Kier molecular flexibility index (Phi) is 4.44. The average molecular weight is 225 g/mol. The lowest BCUT2D eigenvalue weighted by Gasteiger charge is -2.10. The lowest BCUT2D eigenvalue weighted by atomic mass is 10.3. The molecule has 88 valence electrons. The van der Waals surface area contributed by atoms with Crippen LogP contribution in [-0.2, 0) is 9.53 Å². The molecule has 0 heterocycles. The fourth-order valence-corrected chi connectivity index (χ4v) is 1.15. The number of ether oxygens (including phenoxy) is 3. The van der Waals surface area contributed by atoms with E-state index in [1.165, 1.54) is 14.2 Å². The summed E-state index contributed by atoms with van der Waals surface area (Å²) in [6.07, 6.45) is 0.198. The number of carbonyl (C=O) groups excluding carboxylic acids is 1. The molecule has 0 radical (unpaired) electrons. The molecule has 0 bridgehead atoms. The number of nitrogen functional groups attached to an aromatic ring is 1. The van der Waals surface area contributed by atoms with Crippen molar-refractivity contribution in [1.82, 2.24) is 0 Å². The first-order valence-electron chi connectivity index (χ1n) is 4.80. The number of hydrogen-bond acceptors (Lipinski definition) is 5. The summed E-state index contributed by atoms with van der Waals surface area (Å²) in [7, 11) is 2.87. The third-order valence-electron chi connectivity index (χ3n) is 1.98. The van der Waals surface area contributed by atoms with Gasteiger partial charge in [0.2, 0.25) is 0 Å². The number of methoxy groups -OCH3 is 2. The van der Waals surface area contributed by atoms with Crippen molar-refractivity contribution in [3.63, 3.8) is 0 Å². The van der Waals surface area contributed by atoms with Crippen LogP contribution in [0, 0.1) is 0 Å². The first-order valence-corrected chi connectivity index (χ1v) is 4.80. The zero-order chi connectivity index (χ0) is 12.0. The van der Waals surface area contributed by atoms with Crippen LogP contribution in [0.25, 0.3) is 0 Å². The van der Waals surface area contributed by atoms with E-state index in [1.54, 1.807) is 18.2 Å². The maximum Gasteiger partial charge on any atom is 0.308 e. The summed E-state index contributed by atoms with van der Waals surface area (Å²) in [5.74, 6) is 0.792. The highest BCUT2D eigenvalue weighted by Gasteiger charge is 2.06. The highest BCUT2D eigenvalue weighted by atomic mass is 16.5. The predicted molar refractivity (Wildman–Crippen MR) is 59.5 cm³/mol. The lowest BCUT2D eigenvalue weighted by Crippen LogP contribution is -2.08. The molecule has 1 aromatic rings. The van der Waals surface area contributed by atoms with E-state index < -0.39 is 0 Å². The van der Waals surface area contributed by atoms with E-state index in [1.807, 2.05) is 0 Å². The van der Waals surface area contributed by atoms with Gasteiger partial charge >= 0.3 is 5.97 Å². The lowest BCUT2D eigenvalue weighted by molar-refractivity contribution is -0.141. The van der Waals surface area contributed by atoms with Crippen LogP contribution in [0.1, 0.15) is 6.42 Å². The Balaban J connectivity index is 2.56. The molecule has 5 nitrogen and oxygen atoms in total. The second kappa shape index (κ2) is 5.85. The van der Waals surface area contributed by atoms with Gasteiger partial charge in [0, 0.05) is 11.8 Å². The van der Waals surface area contributed by atoms with Crippen LogP contribution < -0.4 is 15.2 Å². The van der Waals surface area contributed by atoms with Gasteiger partial charge in [0.1, 0.15) is 0 Å². The standard InChI is InChI=1S/C11H15NO4/c1-14-10-7-8(12)3-4-9(10)16-6-5-11(13)15-2/h3-4,7H,5-6,12H2,1-2H3. The molecule has 0 aliphatic rings. The molecule has 2 N–H and O–H groups in total. The first kappa shape index (κ1) is 12.2. The van der Waals surface area contributed by atoms with Gasteiger partial charge in [-0.15, -0.1) is 0 Å². The quantitative estimate of drug-likeness (QED) is 0.602. The molecule has 0 aliphatic heterocycles. The average Bonchev–Trinajstić information content (AvgIpc) is 2.30. The zero-order valence-electron chi connectivity index (χ0n) is 9.36.